The van der Waals surface area contributed by atoms with Crippen molar-refractivity contribution < 1.29 is 22.7 Å². The summed E-state index contributed by atoms with van der Waals surface area (Å²) in [7, 11) is 2.99. The molecule has 0 saturated carbocycles. The molecule has 9 nitrogen and oxygen atoms in total. The van der Waals surface area contributed by atoms with E-state index in [2.05, 4.69) is 4.72 Å². The van der Waals surface area contributed by atoms with Crippen LogP contribution in [0.25, 0.3) is 10.2 Å². The highest BCUT2D eigenvalue weighted by Gasteiger charge is 2.26. The van der Waals surface area contributed by atoms with Gasteiger partial charge in [-0.2, -0.15) is 0 Å². The van der Waals surface area contributed by atoms with Crippen LogP contribution in [0, 0.1) is 0 Å². The average molecular weight is 589 g/mol. The van der Waals surface area contributed by atoms with Gasteiger partial charge in [-0.25, -0.2) is 13.4 Å². The molecule has 3 aromatic carbocycles. The highest BCUT2D eigenvalue weighted by Crippen LogP contribution is 2.39. The maximum Gasteiger partial charge on any atom is 0.262 e. The van der Waals surface area contributed by atoms with Gasteiger partial charge in [0, 0.05) is 6.54 Å². The van der Waals surface area contributed by atoms with Crippen molar-refractivity contribution >= 4 is 59.9 Å². The molecule has 0 unspecified atom stereocenters. The second kappa shape index (κ2) is 12.2. The fourth-order valence-corrected chi connectivity index (χ4v) is 6.27. The number of nitrogens with one attached hydrogen (secondary N) is 1. The predicted octanol–water partition coefficient (Wildman–Crippen LogP) is 5.37. The minimum atomic E-state index is -3.98. The van der Waals surface area contributed by atoms with Crippen LogP contribution in [-0.2, 0) is 10.0 Å². The second-order valence-electron chi connectivity index (χ2n) is 8.86. The number of ether oxygens (including phenoxy) is 2. The molecule has 1 heterocycles. The number of para-hydroxylation sites is 1. The lowest BCUT2D eigenvalue weighted by Gasteiger charge is -2.22. The highest BCUT2D eigenvalue weighted by atomic mass is 35.5. The number of aromatic nitrogens is 1. The van der Waals surface area contributed by atoms with Crippen LogP contribution in [0.5, 0.6) is 11.5 Å². The van der Waals surface area contributed by atoms with E-state index in [4.69, 9.17) is 26.1 Å². The molecule has 1 amide bonds. The minimum absolute atomic E-state index is 0.0429. The SMILES string of the molecule is COc1ccc(S(=O)(=O)Nc2ccccc2C(=O)N(CCCN(C)C)c2nc3c(OC)ccc(Cl)c3s2)cc1. The molecule has 1 aromatic heterocycles. The molecule has 206 valence electrons. The van der Waals surface area contributed by atoms with Crippen molar-refractivity contribution in [3.63, 3.8) is 0 Å². The highest BCUT2D eigenvalue weighted by molar-refractivity contribution is 7.92. The van der Waals surface area contributed by atoms with E-state index in [1.165, 1.54) is 30.6 Å². The Morgan fingerprint density at radius 1 is 1.00 bits per heavy atom. The lowest BCUT2D eigenvalue weighted by molar-refractivity contribution is 0.0987. The van der Waals surface area contributed by atoms with Gasteiger partial charge in [0.15, 0.2) is 5.13 Å². The largest absolute Gasteiger partial charge is 0.497 e. The zero-order chi connectivity index (χ0) is 28.2. The third-order valence-electron chi connectivity index (χ3n) is 5.90. The summed E-state index contributed by atoms with van der Waals surface area (Å²) in [5, 5.41) is 0.941. The third-order valence-corrected chi connectivity index (χ3v) is 8.82. The molecule has 0 bridgehead atoms. The van der Waals surface area contributed by atoms with E-state index in [9.17, 15) is 13.2 Å². The summed E-state index contributed by atoms with van der Waals surface area (Å²) < 4.78 is 40.2. The monoisotopic (exact) mass is 588 g/mol. The molecular weight excluding hydrogens is 560 g/mol. The molecule has 0 aliphatic carbocycles. The fourth-order valence-electron chi connectivity index (χ4n) is 3.91. The number of halogens is 1. The number of carbonyl (C=O) groups is 1. The number of carbonyl (C=O) groups excluding carboxylic acids is 1. The fraction of sp³-hybridized carbons (Fsp3) is 0.259. The first-order valence-corrected chi connectivity index (χ1v) is 14.7. The van der Waals surface area contributed by atoms with E-state index in [-0.39, 0.29) is 16.1 Å². The number of fused-ring (bicyclic) bond motifs is 1. The quantitative estimate of drug-likeness (QED) is 0.251. The number of benzene rings is 3. The van der Waals surface area contributed by atoms with Crippen LogP contribution < -0.4 is 19.1 Å². The number of hydrogen-bond acceptors (Lipinski definition) is 8. The van der Waals surface area contributed by atoms with Crippen molar-refractivity contribution in [2.45, 2.75) is 11.3 Å². The van der Waals surface area contributed by atoms with Crippen LogP contribution in [0.3, 0.4) is 0 Å². The third kappa shape index (κ3) is 6.44. The van der Waals surface area contributed by atoms with E-state index in [0.29, 0.717) is 44.8 Å². The Morgan fingerprint density at radius 3 is 2.38 bits per heavy atom. The van der Waals surface area contributed by atoms with E-state index < -0.39 is 15.9 Å². The number of sulfonamides is 1. The van der Waals surface area contributed by atoms with Gasteiger partial charge in [-0.3, -0.25) is 14.4 Å². The van der Waals surface area contributed by atoms with Crippen molar-refractivity contribution in [1.82, 2.24) is 9.88 Å². The summed E-state index contributed by atoms with van der Waals surface area (Å²) in [6.07, 6.45) is 0.666. The number of rotatable bonds is 11. The van der Waals surface area contributed by atoms with E-state index in [1.807, 2.05) is 19.0 Å². The van der Waals surface area contributed by atoms with Gasteiger partial charge >= 0.3 is 0 Å². The predicted molar refractivity (Wildman–Crippen MR) is 156 cm³/mol. The second-order valence-corrected chi connectivity index (χ2v) is 11.9. The van der Waals surface area contributed by atoms with Crippen LogP contribution in [0.1, 0.15) is 16.8 Å². The normalized spacial score (nSPS) is 11.5. The Balaban J connectivity index is 1.72. The Bertz CT molecular complexity index is 1570. The number of hydrogen-bond donors (Lipinski definition) is 1. The van der Waals surface area contributed by atoms with Crippen molar-refractivity contribution in [3.05, 3.63) is 71.2 Å². The summed E-state index contributed by atoms with van der Waals surface area (Å²) in [4.78, 5) is 22.4. The number of amides is 1. The van der Waals surface area contributed by atoms with Gasteiger partial charge in [0.25, 0.3) is 15.9 Å². The molecule has 1 N–H and O–H groups in total. The molecule has 0 spiro atoms. The Labute approximate surface area is 237 Å². The van der Waals surface area contributed by atoms with Crippen LogP contribution in [0.15, 0.2) is 65.6 Å². The van der Waals surface area contributed by atoms with Crippen LogP contribution >= 0.6 is 22.9 Å². The maximum atomic E-state index is 14.0. The molecule has 0 aliphatic rings. The van der Waals surface area contributed by atoms with Gasteiger partial charge in [-0.15, -0.1) is 0 Å². The first-order chi connectivity index (χ1) is 18.6. The van der Waals surface area contributed by atoms with E-state index >= 15 is 0 Å². The van der Waals surface area contributed by atoms with Crippen molar-refractivity contribution in [3.8, 4) is 11.5 Å². The van der Waals surface area contributed by atoms with E-state index in [0.717, 1.165) is 6.54 Å². The Hall–Kier alpha value is -3.38. The van der Waals surface area contributed by atoms with Crippen LogP contribution in [-0.4, -0.2) is 65.6 Å². The average Bonchev–Trinajstić information content (AvgIpc) is 3.37. The number of anilines is 2. The maximum absolute atomic E-state index is 14.0. The van der Waals surface area contributed by atoms with Crippen molar-refractivity contribution in [2.24, 2.45) is 0 Å². The molecule has 0 radical (unpaired) electrons. The molecule has 12 heteroatoms. The molecule has 4 aromatic rings. The van der Waals surface area contributed by atoms with Gasteiger partial charge in [0.1, 0.15) is 17.0 Å². The molecule has 0 atom stereocenters. The lowest BCUT2D eigenvalue weighted by atomic mass is 10.1. The summed E-state index contributed by atoms with van der Waals surface area (Å²) in [6.45, 7) is 1.10. The summed E-state index contributed by atoms with van der Waals surface area (Å²) in [5.41, 5.74) is 0.910. The zero-order valence-electron chi connectivity index (χ0n) is 22.0. The summed E-state index contributed by atoms with van der Waals surface area (Å²) in [5.74, 6) is 0.687. The molecule has 0 fully saturated rings. The summed E-state index contributed by atoms with van der Waals surface area (Å²) in [6, 6.07) is 16.0. The van der Waals surface area contributed by atoms with Crippen LogP contribution in [0.2, 0.25) is 5.02 Å². The van der Waals surface area contributed by atoms with Gasteiger partial charge in [-0.1, -0.05) is 35.1 Å². The van der Waals surface area contributed by atoms with Gasteiger partial charge in [0.05, 0.1) is 40.1 Å². The van der Waals surface area contributed by atoms with Crippen LogP contribution in [0.4, 0.5) is 10.8 Å². The smallest absolute Gasteiger partial charge is 0.262 e. The van der Waals surface area contributed by atoms with Crippen molar-refractivity contribution in [2.75, 3.05) is 51.0 Å². The zero-order valence-corrected chi connectivity index (χ0v) is 24.4. The standard InChI is InChI=1S/C27H29ClN4O5S2/c1-31(2)16-7-17-32(27-29-24-23(37-4)15-14-21(28)25(24)38-27)26(33)20-8-5-6-9-22(20)30-39(34,35)19-12-10-18(36-3)11-13-19/h5-6,8-15,30H,7,16-17H2,1-4H3. The first-order valence-electron chi connectivity index (χ1n) is 12.0. The number of nitrogens with zero attached hydrogens (tertiary/aromatic N) is 3. The lowest BCUT2D eigenvalue weighted by Crippen LogP contribution is -2.34. The molecule has 0 saturated heterocycles. The molecular formula is C27H29ClN4O5S2. The van der Waals surface area contributed by atoms with Crippen molar-refractivity contribution in [1.29, 1.82) is 0 Å². The summed E-state index contributed by atoms with van der Waals surface area (Å²) >= 11 is 7.72. The Kier molecular flexibility index (Phi) is 8.96. The topological polar surface area (TPSA) is 101 Å². The Morgan fingerprint density at radius 2 is 1.72 bits per heavy atom. The van der Waals surface area contributed by atoms with Gasteiger partial charge in [0.2, 0.25) is 0 Å². The number of methoxy groups -OCH3 is 2. The van der Waals surface area contributed by atoms with Gasteiger partial charge < -0.3 is 14.4 Å². The molecule has 0 aliphatic heterocycles. The van der Waals surface area contributed by atoms with E-state index in [1.54, 1.807) is 60.5 Å². The minimum Gasteiger partial charge on any atom is -0.497 e. The first kappa shape index (κ1) is 28.6. The number of thiazole rings is 1. The molecule has 39 heavy (non-hydrogen) atoms. The molecule has 4 rings (SSSR count). The van der Waals surface area contributed by atoms with Gasteiger partial charge in [-0.05, 0) is 75.6 Å².